The van der Waals surface area contributed by atoms with E-state index in [0.29, 0.717) is 31.2 Å². The third-order valence-corrected chi connectivity index (χ3v) is 1.39. The van der Waals surface area contributed by atoms with Crippen molar-refractivity contribution in [2.24, 2.45) is 5.73 Å². The topological polar surface area (TPSA) is 94.0 Å². The molecule has 0 bridgehead atoms. The molecule has 3 N–H and O–H groups in total. The molecule has 6 heteroatoms. The molecule has 0 aliphatic heterocycles. The second kappa shape index (κ2) is 4.56. The summed E-state index contributed by atoms with van der Waals surface area (Å²) in [6.07, 6.45) is 0.313. The summed E-state index contributed by atoms with van der Waals surface area (Å²) >= 11 is 0. The number of aromatic nitrogens is 2. The van der Waals surface area contributed by atoms with E-state index >= 15 is 0 Å². The number of hydrogen-bond acceptors (Lipinski definition) is 5. The van der Waals surface area contributed by atoms with Crippen LogP contribution in [0.3, 0.4) is 0 Å². The monoisotopic (exact) mass is 184 g/mol. The molecule has 1 amide bonds. The standard InChI is InChI=1S/C7H12N4O2/c1-5-10-7(13-11-5)4-9-3-2-6(8)12/h9H,2-4H2,1H3,(H2,8,12). The molecule has 0 saturated heterocycles. The van der Waals surface area contributed by atoms with Crippen molar-refractivity contribution in [1.82, 2.24) is 15.5 Å². The highest BCUT2D eigenvalue weighted by Gasteiger charge is 2.01. The zero-order valence-corrected chi connectivity index (χ0v) is 7.41. The lowest BCUT2D eigenvalue weighted by Gasteiger charge is -1.97. The molecule has 1 rings (SSSR count). The minimum absolute atomic E-state index is 0.313. The number of amides is 1. The van der Waals surface area contributed by atoms with Gasteiger partial charge in [0.15, 0.2) is 5.82 Å². The van der Waals surface area contributed by atoms with Crippen LogP contribution in [-0.2, 0) is 11.3 Å². The Morgan fingerprint density at radius 1 is 1.69 bits per heavy atom. The van der Waals surface area contributed by atoms with Crippen molar-refractivity contribution in [3.63, 3.8) is 0 Å². The minimum atomic E-state index is -0.325. The first kappa shape index (κ1) is 9.66. The SMILES string of the molecule is Cc1noc(CNCCC(N)=O)n1. The van der Waals surface area contributed by atoms with Crippen LogP contribution < -0.4 is 11.1 Å². The van der Waals surface area contributed by atoms with Gasteiger partial charge in [-0.15, -0.1) is 0 Å². The van der Waals surface area contributed by atoms with Gasteiger partial charge in [-0.25, -0.2) is 0 Å². The van der Waals surface area contributed by atoms with Gasteiger partial charge in [-0.1, -0.05) is 5.16 Å². The molecule has 1 aromatic heterocycles. The van der Waals surface area contributed by atoms with Gasteiger partial charge in [-0.3, -0.25) is 4.79 Å². The average Bonchev–Trinajstić information content (AvgIpc) is 2.45. The molecule has 0 unspecified atom stereocenters. The van der Waals surface area contributed by atoms with Crippen molar-refractivity contribution in [2.45, 2.75) is 19.9 Å². The normalized spacial score (nSPS) is 10.2. The lowest BCUT2D eigenvalue weighted by molar-refractivity contribution is -0.117. The first-order chi connectivity index (χ1) is 6.18. The number of nitrogens with two attached hydrogens (primary N) is 1. The minimum Gasteiger partial charge on any atom is -0.370 e. The first-order valence-electron chi connectivity index (χ1n) is 3.96. The molecule has 0 atom stereocenters. The molecule has 0 radical (unpaired) electrons. The summed E-state index contributed by atoms with van der Waals surface area (Å²) in [5.74, 6) is 0.794. The zero-order valence-electron chi connectivity index (χ0n) is 7.41. The molecule has 72 valence electrons. The van der Waals surface area contributed by atoms with Gasteiger partial charge >= 0.3 is 0 Å². The van der Waals surface area contributed by atoms with Gasteiger partial charge in [-0.2, -0.15) is 4.98 Å². The summed E-state index contributed by atoms with van der Waals surface area (Å²) in [5, 5.41) is 6.56. The van der Waals surface area contributed by atoms with Crippen molar-refractivity contribution >= 4 is 5.91 Å². The summed E-state index contributed by atoms with van der Waals surface area (Å²) in [4.78, 5) is 14.3. The Balaban J connectivity index is 2.16. The molecule has 0 saturated carbocycles. The summed E-state index contributed by atoms with van der Waals surface area (Å²) in [6.45, 7) is 2.74. The van der Waals surface area contributed by atoms with Gasteiger partial charge in [0.25, 0.3) is 0 Å². The maximum atomic E-state index is 10.3. The third kappa shape index (κ3) is 3.66. The zero-order chi connectivity index (χ0) is 9.68. The highest BCUT2D eigenvalue weighted by Crippen LogP contribution is 1.94. The van der Waals surface area contributed by atoms with Crippen molar-refractivity contribution in [3.8, 4) is 0 Å². The van der Waals surface area contributed by atoms with Crippen LogP contribution in [0.4, 0.5) is 0 Å². The van der Waals surface area contributed by atoms with E-state index in [0.717, 1.165) is 0 Å². The molecule has 13 heavy (non-hydrogen) atoms. The fraction of sp³-hybridized carbons (Fsp3) is 0.571. The van der Waals surface area contributed by atoms with Crippen molar-refractivity contribution in [1.29, 1.82) is 0 Å². The van der Waals surface area contributed by atoms with Crippen LogP contribution >= 0.6 is 0 Å². The number of nitrogens with zero attached hydrogens (tertiary/aromatic N) is 2. The van der Waals surface area contributed by atoms with Crippen LogP contribution in [0.1, 0.15) is 18.1 Å². The molecular weight excluding hydrogens is 172 g/mol. The van der Waals surface area contributed by atoms with Gasteiger partial charge in [0.1, 0.15) is 0 Å². The molecule has 0 aliphatic rings. The number of carbonyl (C=O) groups excluding carboxylic acids is 1. The van der Waals surface area contributed by atoms with Gasteiger partial charge in [0.2, 0.25) is 11.8 Å². The lowest BCUT2D eigenvalue weighted by Crippen LogP contribution is -2.21. The number of rotatable bonds is 5. The number of hydrogen-bond donors (Lipinski definition) is 2. The van der Waals surface area contributed by atoms with Gasteiger partial charge in [-0.05, 0) is 6.92 Å². The number of carbonyl (C=O) groups is 1. The van der Waals surface area contributed by atoms with Crippen molar-refractivity contribution in [2.75, 3.05) is 6.54 Å². The highest BCUT2D eigenvalue weighted by molar-refractivity contribution is 5.73. The summed E-state index contributed by atoms with van der Waals surface area (Å²) in [6, 6.07) is 0. The fourth-order valence-corrected chi connectivity index (χ4v) is 0.819. The van der Waals surface area contributed by atoms with Crippen LogP contribution in [-0.4, -0.2) is 22.6 Å². The van der Waals surface area contributed by atoms with E-state index < -0.39 is 0 Å². The predicted molar refractivity (Wildman–Crippen MR) is 44.6 cm³/mol. The van der Waals surface area contributed by atoms with Crippen molar-refractivity contribution < 1.29 is 9.32 Å². The molecule has 0 aromatic carbocycles. The number of aryl methyl sites for hydroxylation is 1. The Morgan fingerprint density at radius 3 is 3.00 bits per heavy atom. The lowest BCUT2D eigenvalue weighted by atomic mass is 10.4. The Bertz CT molecular complexity index is 284. The highest BCUT2D eigenvalue weighted by atomic mass is 16.5. The van der Waals surface area contributed by atoms with Crippen LogP contribution in [0.25, 0.3) is 0 Å². The molecule has 6 nitrogen and oxygen atoms in total. The largest absolute Gasteiger partial charge is 0.370 e. The van der Waals surface area contributed by atoms with Crippen LogP contribution in [0.2, 0.25) is 0 Å². The second-order valence-corrected chi connectivity index (χ2v) is 2.63. The quantitative estimate of drug-likeness (QED) is 0.592. The van der Waals surface area contributed by atoms with Crippen LogP contribution in [0.15, 0.2) is 4.52 Å². The second-order valence-electron chi connectivity index (χ2n) is 2.63. The summed E-state index contributed by atoms with van der Waals surface area (Å²) in [5.41, 5.74) is 4.95. The van der Waals surface area contributed by atoms with Crippen molar-refractivity contribution in [3.05, 3.63) is 11.7 Å². The third-order valence-electron chi connectivity index (χ3n) is 1.39. The first-order valence-corrected chi connectivity index (χ1v) is 3.96. The maximum Gasteiger partial charge on any atom is 0.240 e. The van der Waals surface area contributed by atoms with E-state index in [1.807, 2.05) is 0 Å². The molecule has 1 heterocycles. The maximum absolute atomic E-state index is 10.3. The van der Waals surface area contributed by atoms with Gasteiger partial charge < -0.3 is 15.6 Å². The Hall–Kier alpha value is -1.43. The van der Waals surface area contributed by atoms with Gasteiger partial charge in [0, 0.05) is 13.0 Å². The summed E-state index contributed by atoms with van der Waals surface area (Å²) < 4.78 is 4.83. The molecule has 0 fully saturated rings. The summed E-state index contributed by atoms with van der Waals surface area (Å²) in [7, 11) is 0. The van der Waals surface area contributed by atoms with E-state index in [2.05, 4.69) is 15.5 Å². The van der Waals surface area contributed by atoms with E-state index in [9.17, 15) is 4.79 Å². The number of nitrogens with one attached hydrogen (secondary N) is 1. The predicted octanol–water partition coefficient (Wildman–Crippen LogP) is -0.657. The molecule has 0 spiro atoms. The van der Waals surface area contributed by atoms with E-state index in [1.54, 1.807) is 6.92 Å². The van der Waals surface area contributed by atoms with E-state index in [-0.39, 0.29) is 5.91 Å². The Labute approximate surface area is 75.5 Å². The van der Waals surface area contributed by atoms with Gasteiger partial charge in [0.05, 0.1) is 6.54 Å². The molecule has 0 aliphatic carbocycles. The fourth-order valence-electron chi connectivity index (χ4n) is 0.819. The molecule has 1 aromatic rings. The Kier molecular flexibility index (Phi) is 3.39. The van der Waals surface area contributed by atoms with Crippen LogP contribution in [0, 0.1) is 6.92 Å². The smallest absolute Gasteiger partial charge is 0.240 e. The average molecular weight is 184 g/mol. The number of primary amides is 1. The molecular formula is C7H12N4O2. The van der Waals surface area contributed by atoms with E-state index in [4.69, 9.17) is 10.3 Å². The Morgan fingerprint density at radius 2 is 2.46 bits per heavy atom. The van der Waals surface area contributed by atoms with E-state index in [1.165, 1.54) is 0 Å². The van der Waals surface area contributed by atoms with Crippen LogP contribution in [0.5, 0.6) is 0 Å².